The van der Waals surface area contributed by atoms with E-state index >= 15 is 0 Å². The third-order valence-electron chi connectivity index (χ3n) is 3.91. The van der Waals surface area contributed by atoms with Gasteiger partial charge in [0.25, 0.3) is 0 Å². The van der Waals surface area contributed by atoms with Crippen LogP contribution in [0.4, 0.5) is 0 Å². The van der Waals surface area contributed by atoms with E-state index in [0.29, 0.717) is 26.2 Å². The second-order valence-corrected chi connectivity index (χ2v) is 6.32. The van der Waals surface area contributed by atoms with Gasteiger partial charge >= 0.3 is 0 Å². The topological polar surface area (TPSA) is 50.8 Å². The first-order chi connectivity index (χ1) is 10.1. The highest BCUT2D eigenvalue weighted by atomic mass is 79.9. The molecule has 114 valence electrons. The highest BCUT2D eigenvalue weighted by Gasteiger charge is 2.23. The smallest absolute Gasteiger partial charge is 0.221 e. The quantitative estimate of drug-likeness (QED) is 0.881. The van der Waals surface area contributed by atoms with Crippen molar-refractivity contribution in [3.8, 4) is 11.5 Å². The Balaban J connectivity index is 1.79. The van der Waals surface area contributed by atoms with E-state index in [0.717, 1.165) is 34.6 Å². The predicted octanol–water partition coefficient (Wildman–Crippen LogP) is 1.93. The fraction of sp³-hybridized carbons (Fsp3) is 0.533. The van der Waals surface area contributed by atoms with E-state index in [2.05, 4.69) is 33.1 Å². The van der Waals surface area contributed by atoms with Gasteiger partial charge in [-0.15, -0.1) is 0 Å². The number of hydrogen-bond acceptors (Lipinski definition) is 4. The standard InChI is InChI=1S/C15H19BrN2O3/c1-10-6-15(19)17-2-3-18(10)9-11-7-13-14(8-12(11)16)21-5-4-20-13/h7-8,10H,2-6,9H2,1H3,(H,17,19). The maximum Gasteiger partial charge on any atom is 0.221 e. The Morgan fingerprint density at radius 3 is 2.81 bits per heavy atom. The molecule has 1 aromatic carbocycles. The Bertz CT molecular complexity index is 550. The Hall–Kier alpha value is -1.27. The number of carbonyl (C=O) groups is 1. The van der Waals surface area contributed by atoms with Gasteiger partial charge in [-0.05, 0) is 24.6 Å². The maximum atomic E-state index is 11.6. The number of nitrogens with zero attached hydrogens (tertiary/aromatic N) is 1. The molecule has 2 aliphatic heterocycles. The summed E-state index contributed by atoms with van der Waals surface area (Å²) >= 11 is 3.61. The van der Waals surface area contributed by atoms with Crippen molar-refractivity contribution in [3.63, 3.8) is 0 Å². The van der Waals surface area contributed by atoms with Crippen LogP contribution in [0.1, 0.15) is 18.9 Å². The molecule has 2 aliphatic rings. The van der Waals surface area contributed by atoms with Gasteiger partial charge in [-0.3, -0.25) is 9.69 Å². The molecule has 1 amide bonds. The summed E-state index contributed by atoms with van der Waals surface area (Å²) in [5.41, 5.74) is 1.15. The fourth-order valence-electron chi connectivity index (χ4n) is 2.71. The molecular formula is C15H19BrN2O3. The summed E-state index contributed by atoms with van der Waals surface area (Å²) < 4.78 is 12.2. The predicted molar refractivity (Wildman–Crippen MR) is 82.6 cm³/mol. The SMILES string of the molecule is CC1CC(=O)NCCN1Cc1cc2c(cc1Br)OCCO2. The van der Waals surface area contributed by atoms with Gasteiger partial charge in [-0.25, -0.2) is 0 Å². The lowest BCUT2D eigenvalue weighted by Gasteiger charge is -2.27. The summed E-state index contributed by atoms with van der Waals surface area (Å²) in [6, 6.07) is 4.23. The second-order valence-electron chi connectivity index (χ2n) is 5.46. The largest absolute Gasteiger partial charge is 0.486 e. The zero-order chi connectivity index (χ0) is 14.8. The molecule has 5 nitrogen and oxygen atoms in total. The molecule has 0 spiro atoms. The first-order valence-electron chi connectivity index (χ1n) is 7.22. The van der Waals surface area contributed by atoms with E-state index in [9.17, 15) is 4.79 Å². The van der Waals surface area contributed by atoms with Crippen LogP contribution in [0.2, 0.25) is 0 Å². The average molecular weight is 355 g/mol. The van der Waals surface area contributed by atoms with Crippen molar-refractivity contribution < 1.29 is 14.3 Å². The van der Waals surface area contributed by atoms with Crippen molar-refractivity contribution in [3.05, 3.63) is 22.2 Å². The van der Waals surface area contributed by atoms with E-state index in [-0.39, 0.29) is 11.9 Å². The summed E-state index contributed by atoms with van der Waals surface area (Å²) in [4.78, 5) is 13.9. The van der Waals surface area contributed by atoms with E-state index in [1.807, 2.05) is 12.1 Å². The van der Waals surface area contributed by atoms with Crippen molar-refractivity contribution in [2.75, 3.05) is 26.3 Å². The minimum absolute atomic E-state index is 0.131. The van der Waals surface area contributed by atoms with Crippen LogP contribution in [-0.4, -0.2) is 43.2 Å². The molecule has 6 heteroatoms. The van der Waals surface area contributed by atoms with Gasteiger partial charge in [-0.1, -0.05) is 15.9 Å². The number of rotatable bonds is 2. The Morgan fingerprint density at radius 2 is 2.05 bits per heavy atom. The highest BCUT2D eigenvalue weighted by molar-refractivity contribution is 9.10. The molecule has 2 heterocycles. The maximum absolute atomic E-state index is 11.6. The molecule has 21 heavy (non-hydrogen) atoms. The Morgan fingerprint density at radius 1 is 1.33 bits per heavy atom. The van der Waals surface area contributed by atoms with Gasteiger partial charge < -0.3 is 14.8 Å². The van der Waals surface area contributed by atoms with Gasteiger partial charge in [-0.2, -0.15) is 0 Å². The fourth-order valence-corrected chi connectivity index (χ4v) is 3.16. The van der Waals surface area contributed by atoms with E-state index < -0.39 is 0 Å². The molecule has 0 saturated carbocycles. The highest BCUT2D eigenvalue weighted by Crippen LogP contribution is 2.36. The number of amides is 1. The molecular weight excluding hydrogens is 336 g/mol. The van der Waals surface area contributed by atoms with Crippen LogP contribution < -0.4 is 14.8 Å². The third-order valence-corrected chi connectivity index (χ3v) is 4.65. The molecule has 1 saturated heterocycles. The van der Waals surface area contributed by atoms with E-state index in [1.54, 1.807) is 0 Å². The Kier molecular flexibility index (Phi) is 4.35. The van der Waals surface area contributed by atoms with E-state index in [1.165, 1.54) is 0 Å². The van der Waals surface area contributed by atoms with Crippen molar-refractivity contribution >= 4 is 21.8 Å². The van der Waals surface area contributed by atoms with Crippen LogP contribution in [-0.2, 0) is 11.3 Å². The number of fused-ring (bicyclic) bond motifs is 1. The first-order valence-corrected chi connectivity index (χ1v) is 8.01. The monoisotopic (exact) mass is 354 g/mol. The molecule has 0 aliphatic carbocycles. The zero-order valence-electron chi connectivity index (χ0n) is 12.0. The second kappa shape index (κ2) is 6.23. The summed E-state index contributed by atoms with van der Waals surface area (Å²) in [5, 5.41) is 2.92. The van der Waals surface area contributed by atoms with Crippen LogP contribution in [0.5, 0.6) is 11.5 Å². The van der Waals surface area contributed by atoms with Gasteiger partial charge in [0.05, 0.1) is 0 Å². The zero-order valence-corrected chi connectivity index (χ0v) is 13.6. The normalized spacial score (nSPS) is 22.6. The lowest BCUT2D eigenvalue weighted by atomic mass is 10.1. The summed E-state index contributed by atoms with van der Waals surface area (Å²) in [6.45, 7) is 5.62. The molecule has 1 aromatic rings. The van der Waals surface area contributed by atoms with Crippen molar-refractivity contribution in [1.82, 2.24) is 10.2 Å². The molecule has 1 fully saturated rings. The van der Waals surface area contributed by atoms with Gasteiger partial charge in [0.15, 0.2) is 11.5 Å². The van der Waals surface area contributed by atoms with Crippen LogP contribution in [0.15, 0.2) is 16.6 Å². The van der Waals surface area contributed by atoms with Gasteiger partial charge in [0.2, 0.25) is 5.91 Å². The van der Waals surface area contributed by atoms with Crippen LogP contribution in [0.3, 0.4) is 0 Å². The summed E-state index contributed by atoms with van der Waals surface area (Å²) in [6.07, 6.45) is 0.544. The molecule has 3 rings (SSSR count). The van der Waals surface area contributed by atoms with Crippen molar-refractivity contribution in [1.29, 1.82) is 0 Å². The molecule has 0 aromatic heterocycles. The molecule has 0 radical (unpaired) electrons. The number of halogens is 1. The summed E-state index contributed by atoms with van der Waals surface area (Å²) in [7, 11) is 0. The molecule has 1 N–H and O–H groups in total. The third kappa shape index (κ3) is 3.32. The number of benzene rings is 1. The minimum atomic E-state index is 0.131. The van der Waals surface area contributed by atoms with E-state index in [4.69, 9.17) is 9.47 Å². The number of nitrogens with one attached hydrogen (secondary N) is 1. The lowest BCUT2D eigenvalue weighted by Crippen LogP contribution is -2.34. The molecule has 1 unspecified atom stereocenters. The Labute approximate surface area is 132 Å². The van der Waals surface area contributed by atoms with Crippen LogP contribution in [0, 0.1) is 0 Å². The number of carbonyl (C=O) groups excluding carboxylic acids is 1. The lowest BCUT2D eigenvalue weighted by molar-refractivity contribution is -0.121. The number of ether oxygens (including phenoxy) is 2. The van der Waals surface area contributed by atoms with Crippen molar-refractivity contribution in [2.45, 2.75) is 25.9 Å². The minimum Gasteiger partial charge on any atom is -0.486 e. The average Bonchev–Trinajstić information content (AvgIpc) is 2.61. The van der Waals surface area contributed by atoms with Gasteiger partial charge in [0.1, 0.15) is 13.2 Å². The van der Waals surface area contributed by atoms with Crippen LogP contribution in [0.25, 0.3) is 0 Å². The van der Waals surface area contributed by atoms with Gasteiger partial charge in [0, 0.05) is 36.6 Å². The molecule has 0 bridgehead atoms. The molecule has 1 atom stereocenters. The van der Waals surface area contributed by atoms with Crippen LogP contribution >= 0.6 is 15.9 Å². The number of hydrogen-bond donors (Lipinski definition) is 1. The summed E-state index contributed by atoms with van der Waals surface area (Å²) in [5.74, 6) is 1.72. The first kappa shape index (κ1) is 14.7. The van der Waals surface area contributed by atoms with Crippen molar-refractivity contribution in [2.24, 2.45) is 0 Å².